The molecule has 2 aromatic heterocycles. The summed E-state index contributed by atoms with van der Waals surface area (Å²) in [7, 11) is 0. The molecule has 2 amide bonds. The lowest BCUT2D eigenvalue weighted by Gasteiger charge is -2.10. The van der Waals surface area contributed by atoms with E-state index < -0.39 is 6.03 Å². The number of rotatable bonds is 5. The van der Waals surface area contributed by atoms with E-state index in [2.05, 4.69) is 25.6 Å². The van der Waals surface area contributed by atoms with Crippen molar-refractivity contribution in [3.05, 3.63) is 82.7 Å². The Balaban J connectivity index is 1.38. The molecule has 4 N–H and O–H groups in total. The molecule has 0 saturated heterocycles. The van der Waals surface area contributed by atoms with Crippen molar-refractivity contribution in [2.75, 3.05) is 16.4 Å². The number of amides is 2. The lowest BCUT2D eigenvalue weighted by Crippen LogP contribution is -2.20. The van der Waals surface area contributed by atoms with Crippen LogP contribution >= 0.6 is 23.2 Å². The molecule has 0 spiro atoms. The predicted molar refractivity (Wildman–Crippen MR) is 130 cm³/mol. The number of nitrogens with zero attached hydrogens (tertiary/aromatic N) is 3. The number of anilines is 3. The number of nitrogens with two attached hydrogens (primary N) is 1. The van der Waals surface area contributed by atoms with Gasteiger partial charge in [-0.05, 0) is 48.4 Å². The van der Waals surface area contributed by atoms with Crippen LogP contribution in [0.2, 0.25) is 10.0 Å². The molecule has 0 aliphatic heterocycles. The summed E-state index contributed by atoms with van der Waals surface area (Å²) in [6.45, 7) is 1.87. The average molecular weight is 481 g/mol. The van der Waals surface area contributed by atoms with Gasteiger partial charge in [0.25, 0.3) is 0 Å². The van der Waals surface area contributed by atoms with Crippen molar-refractivity contribution in [1.82, 2.24) is 15.0 Å². The van der Waals surface area contributed by atoms with Gasteiger partial charge in [-0.3, -0.25) is 0 Å². The van der Waals surface area contributed by atoms with Gasteiger partial charge in [0.15, 0.2) is 0 Å². The smallest absolute Gasteiger partial charge is 0.323 e. The van der Waals surface area contributed by atoms with Gasteiger partial charge in [-0.15, -0.1) is 0 Å². The van der Waals surface area contributed by atoms with Gasteiger partial charge in [0.05, 0.1) is 23.1 Å². The second-order valence-corrected chi connectivity index (χ2v) is 7.88. The van der Waals surface area contributed by atoms with Crippen LogP contribution in [-0.2, 0) is 0 Å². The summed E-state index contributed by atoms with van der Waals surface area (Å²) in [5.74, 6) is 0.913. The van der Waals surface area contributed by atoms with E-state index >= 15 is 0 Å². The van der Waals surface area contributed by atoms with Crippen molar-refractivity contribution in [2.24, 2.45) is 0 Å². The van der Waals surface area contributed by atoms with Crippen LogP contribution < -0.4 is 21.1 Å². The first-order chi connectivity index (χ1) is 15.9. The first kappa shape index (κ1) is 22.3. The Labute approximate surface area is 199 Å². The molecule has 10 heteroatoms. The molecule has 2 heterocycles. The SMILES string of the molecule is Cc1ccc(Cl)cc1NC(=O)Nc1cnc(Oc2ccc(-c3cc(Cl)cnc3N)cc2)nc1. The zero-order valence-electron chi connectivity index (χ0n) is 17.3. The lowest BCUT2D eigenvalue weighted by molar-refractivity contribution is 0.262. The van der Waals surface area contributed by atoms with E-state index in [-0.39, 0.29) is 6.01 Å². The van der Waals surface area contributed by atoms with E-state index in [4.69, 9.17) is 33.7 Å². The van der Waals surface area contributed by atoms with Crippen LogP contribution in [0.5, 0.6) is 11.8 Å². The summed E-state index contributed by atoms with van der Waals surface area (Å²) in [6.07, 6.45) is 4.38. The third kappa shape index (κ3) is 5.68. The molecular formula is C23H18Cl2N6O2. The molecule has 166 valence electrons. The summed E-state index contributed by atoms with van der Waals surface area (Å²) < 4.78 is 5.67. The second kappa shape index (κ2) is 9.72. The van der Waals surface area contributed by atoms with Gasteiger partial charge in [-0.1, -0.05) is 41.4 Å². The van der Waals surface area contributed by atoms with E-state index in [1.165, 1.54) is 18.6 Å². The monoisotopic (exact) mass is 480 g/mol. The Kier molecular flexibility index (Phi) is 6.58. The zero-order valence-corrected chi connectivity index (χ0v) is 18.9. The van der Waals surface area contributed by atoms with E-state index in [1.807, 2.05) is 25.1 Å². The third-order valence-corrected chi connectivity index (χ3v) is 5.04. The molecule has 0 radical (unpaired) electrons. The molecule has 4 aromatic rings. The number of carbonyl (C=O) groups is 1. The minimum Gasteiger partial charge on any atom is -0.424 e. The summed E-state index contributed by atoms with van der Waals surface area (Å²) in [5, 5.41) is 6.43. The number of hydrogen-bond donors (Lipinski definition) is 3. The van der Waals surface area contributed by atoms with Crippen LogP contribution in [0.25, 0.3) is 11.1 Å². The number of pyridine rings is 1. The number of aryl methyl sites for hydroxylation is 1. The molecule has 4 rings (SSSR count). The van der Waals surface area contributed by atoms with E-state index in [1.54, 1.807) is 30.3 Å². The number of hydrogen-bond acceptors (Lipinski definition) is 6. The Hall–Kier alpha value is -3.88. The van der Waals surface area contributed by atoms with E-state index in [0.29, 0.717) is 33.0 Å². The summed E-state index contributed by atoms with van der Waals surface area (Å²) in [4.78, 5) is 24.6. The molecule has 2 aromatic carbocycles. The molecule has 0 bridgehead atoms. The van der Waals surface area contributed by atoms with Crippen LogP contribution in [0, 0.1) is 6.92 Å². The maximum Gasteiger partial charge on any atom is 0.323 e. The standard InChI is InChI=1S/C23H18Cl2N6O2/c1-13-2-5-15(24)9-20(13)31-22(32)30-17-11-28-23(29-12-17)33-18-6-3-14(4-7-18)19-8-16(25)10-27-21(19)26/h2-12H,1H3,(H2,26,27)(H2,30,31,32). The van der Waals surface area contributed by atoms with Crippen LogP contribution in [-0.4, -0.2) is 21.0 Å². The van der Waals surface area contributed by atoms with Crippen molar-refractivity contribution in [2.45, 2.75) is 6.92 Å². The lowest BCUT2D eigenvalue weighted by atomic mass is 10.1. The van der Waals surface area contributed by atoms with Gasteiger partial charge in [0, 0.05) is 22.5 Å². The first-order valence-electron chi connectivity index (χ1n) is 9.73. The predicted octanol–water partition coefficient (Wildman–Crippen LogP) is 6.17. The largest absolute Gasteiger partial charge is 0.424 e. The summed E-state index contributed by atoms with van der Waals surface area (Å²) in [6, 6.07) is 13.9. The van der Waals surface area contributed by atoms with E-state index in [9.17, 15) is 4.79 Å². The van der Waals surface area contributed by atoms with Gasteiger partial charge in [-0.25, -0.2) is 19.7 Å². The molecule has 0 saturated carbocycles. The van der Waals surface area contributed by atoms with Crippen molar-refractivity contribution in [3.63, 3.8) is 0 Å². The van der Waals surface area contributed by atoms with Gasteiger partial charge in [-0.2, -0.15) is 0 Å². The number of benzene rings is 2. The normalized spacial score (nSPS) is 10.5. The van der Waals surface area contributed by atoms with Crippen LogP contribution in [0.4, 0.5) is 22.0 Å². The fourth-order valence-corrected chi connectivity index (χ4v) is 3.27. The minimum atomic E-state index is -0.442. The Morgan fingerprint density at radius 3 is 2.36 bits per heavy atom. The van der Waals surface area contributed by atoms with Crippen molar-refractivity contribution in [1.29, 1.82) is 0 Å². The van der Waals surface area contributed by atoms with Gasteiger partial charge in [0.1, 0.15) is 11.6 Å². The Morgan fingerprint density at radius 2 is 1.64 bits per heavy atom. The quantitative estimate of drug-likeness (QED) is 0.314. The highest BCUT2D eigenvalue weighted by atomic mass is 35.5. The highest BCUT2D eigenvalue weighted by Gasteiger charge is 2.09. The number of ether oxygens (including phenoxy) is 1. The van der Waals surface area contributed by atoms with Gasteiger partial charge in [0.2, 0.25) is 0 Å². The number of carbonyl (C=O) groups excluding carboxylic acids is 1. The summed E-state index contributed by atoms with van der Waals surface area (Å²) in [5.41, 5.74) is 9.40. The first-order valence-corrected chi connectivity index (χ1v) is 10.5. The Bertz CT molecular complexity index is 1300. The molecule has 0 atom stereocenters. The number of urea groups is 1. The molecule has 0 aliphatic rings. The van der Waals surface area contributed by atoms with Crippen molar-refractivity contribution >= 4 is 46.4 Å². The van der Waals surface area contributed by atoms with Crippen LogP contribution in [0.3, 0.4) is 0 Å². The van der Waals surface area contributed by atoms with Crippen molar-refractivity contribution in [3.8, 4) is 22.9 Å². The number of aromatic nitrogens is 3. The van der Waals surface area contributed by atoms with Crippen LogP contribution in [0.15, 0.2) is 67.1 Å². The minimum absolute atomic E-state index is 0.128. The highest BCUT2D eigenvalue weighted by Crippen LogP contribution is 2.29. The molecular weight excluding hydrogens is 463 g/mol. The summed E-state index contributed by atoms with van der Waals surface area (Å²) >= 11 is 12.0. The fourth-order valence-electron chi connectivity index (χ4n) is 2.94. The van der Waals surface area contributed by atoms with E-state index in [0.717, 1.165) is 16.7 Å². The maximum atomic E-state index is 12.2. The van der Waals surface area contributed by atoms with Gasteiger partial charge < -0.3 is 21.1 Å². The number of halogens is 2. The third-order valence-electron chi connectivity index (χ3n) is 4.59. The molecule has 33 heavy (non-hydrogen) atoms. The zero-order chi connectivity index (χ0) is 23.4. The molecule has 8 nitrogen and oxygen atoms in total. The molecule has 0 fully saturated rings. The average Bonchev–Trinajstić information content (AvgIpc) is 2.80. The highest BCUT2D eigenvalue weighted by molar-refractivity contribution is 6.31. The van der Waals surface area contributed by atoms with Crippen molar-refractivity contribution < 1.29 is 9.53 Å². The van der Waals surface area contributed by atoms with Gasteiger partial charge >= 0.3 is 12.0 Å². The maximum absolute atomic E-state index is 12.2. The fraction of sp³-hybridized carbons (Fsp3) is 0.0435. The molecule has 0 aliphatic carbocycles. The van der Waals surface area contributed by atoms with Crippen LogP contribution in [0.1, 0.15) is 5.56 Å². The topological polar surface area (TPSA) is 115 Å². The number of nitrogens with one attached hydrogen (secondary N) is 2. The number of nitrogen functional groups attached to an aromatic ring is 1. The molecule has 0 unspecified atom stereocenters. The second-order valence-electron chi connectivity index (χ2n) is 7.01. The Morgan fingerprint density at radius 1 is 0.909 bits per heavy atom.